The van der Waals surface area contributed by atoms with E-state index in [0.29, 0.717) is 17.5 Å². The van der Waals surface area contributed by atoms with Gasteiger partial charge in [0.25, 0.3) is 0 Å². The Morgan fingerprint density at radius 3 is 1.43 bits per heavy atom. The highest BCUT2D eigenvalue weighted by Gasteiger charge is 2.18. The lowest BCUT2D eigenvalue weighted by Crippen LogP contribution is -2.00. The van der Waals surface area contributed by atoms with E-state index in [1.165, 1.54) is 0 Å². The minimum absolute atomic E-state index is 0.631. The second-order valence-electron chi connectivity index (χ2n) is 11.6. The first kappa shape index (κ1) is 27.0. The summed E-state index contributed by atoms with van der Waals surface area (Å²) in [5, 5.41) is 4.40. The molecule has 0 radical (unpaired) electrons. The van der Waals surface area contributed by atoms with E-state index in [4.69, 9.17) is 19.4 Å². The summed E-state index contributed by atoms with van der Waals surface area (Å²) in [7, 11) is 0. The summed E-state index contributed by atoms with van der Waals surface area (Å²) in [4.78, 5) is 14.8. The van der Waals surface area contributed by atoms with Gasteiger partial charge in [0.15, 0.2) is 17.5 Å². The molecular weight excluding hydrogens is 574 g/mol. The summed E-state index contributed by atoms with van der Waals surface area (Å²) in [6, 6.07) is 56.2. The molecule has 2 heterocycles. The molecule has 0 aliphatic carbocycles. The van der Waals surface area contributed by atoms with E-state index in [-0.39, 0.29) is 0 Å². The monoisotopic (exact) mass is 601 g/mol. The zero-order chi connectivity index (χ0) is 31.2. The van der Waals surface area contributed by atoms with E-state index in [1.54, 1.807) is 0 Å². The Labute approximate surface area is 271 Å². The number of aromatic nitrogens is 3. The molecule has 0 unspecified atom stereocenters. The number of rotatable bonds is 5. The number of para-hydroxylation sites is 1. The van der Waals surface area contributed by atoms with Crippen molar-refractivity contribution in [2.45, 2.75) is 0 Å². The minimum atomic E-state index is 0.631. The molecule has 220 valence electrons. The van der Waals surface area contributed by atoms with Crippen LogP contribution in [0.3, 0.4) is 0 Å². The molecule has 0 bridgehead atoms. The van der Waals surface area contributed by atoms with Crippen molar-refractivity contribution in [3.63, 3.8) is 0 Å². The van der Waals surface area contributed by atoms with Gasteiger partial charge < -0.3 is 4.42 Å². The fraction of sp³-hybridized carbons (Fsp3) is 0. The molecule has 0 aliphatic heterocycles. The van der Waals surface area contributed by atoms with Gasteiger partial charge in [-0.3, -0.25) is 0 Å². The van der Waals surface area contributed by atoms with E-state index in [2.05, 4.69) is 97.1 Å². The Balaban J connectivity index is 1.24. The van der Waals surface area contributed by atoms with Crippen molar-refractivity contribution >= 4 is 32.7 Å². The molecule has 2 aromatic heterocycles. The largest absolute Gasteiger partial charge is 0.455 e. The van der Waals surface area contributed by atoms with Crippen LogP contribution in [-0.2, 0) is 0 Å². The molecule has 0 saturated carbocycles. The molecule has 0 fully saturated rings. The Bertz CT molecular complexity index is 2500. The molecule has 4 nitrogen and oxygen atoms in total. The van der Waals surface area contributed by atoms with Gasteiger partial charge in [0.1, 0.15) is 11.2 Å². The average Bonchev–Trinajstić information content (AvgIpc) is 3.55. The Morgan fingerprint density at radius 2 is 0.766 bits per heavy atom. The first-order chi connectivity index (χ1) is 23.3. The molecule has 7 aromatic carbocycles. The molecule has 0 aliphatic rings. The number of benzene rings is 7. The van der Waals surface area contributed by atoms with Crippen molar-refractivity contribution < 1.29 is 4.42 Å². The van der Waals surface area contributed by atoms with Gasteiger partial charge in [0.05, 0.1) is 0 Å². The lowest BCUT2D eigenvalue weighted by atomic mass is 9.94. The maximum atomic E-state index is 6.72. The zero-order valence-electron chi connectivity index (χ0n) is 25.3. The number of hydrogen-bond acceptors (Lipinski definition) is 4. The SMILES string of the molecule is c1ccc(-c2nc(-c3ccccc3)nc(-c3cccc(-c4cc5c6cccc(-c7ccccc7)c6oc5c5ccccc45)c3)n2)cc1. The summed E-state index contributed by atoms with van der Waals surface area (Å²) in [5.41, 5.74) is 9.05. The predicted molar refractivity (Wildman–Crippen MR) is 192 cm³/mol. The third kappa shape index (κ3) is 4.75. The van der Waals surface area contributed by atoms with Gasteiger partial charge in [-0.1, -0.05) is 152 Å². The highest BCUT2D eigenvalue weighted by Crippen LogP contribution is 2.42. The topological polar surface area (TPSA) is 51.8 Å². The second-order valence-corrected chi connectivity index (χ2v) is 11.6. The van der Waals surface area contributed by atoms with E-state index in [1.807, 2.05) is 66.7 Å². The third-order valence-corrected chi connectivity index (χ3v) is 8.72. The predicted octanol–water partition coefficient (Wildman–Crippen LogP) is 11.3. The van der Waals surface area contributed by atoms with Crippen molar-refractivity contribution in [2.75, 3.05) is 0 Å². The van der Waals surface area contributed by atoms with Crippen molar-refractivity contribution in [1.82, 2.24) is 15.0 Å². The molecule has 9 rings (SSSR count). The molecule has 0 amide bonds. The normalized spacial score (nSPS) is 11.4. The summed E-state index contributed by atoms with van der Waals surface area (Å²) in [5.74, 6) is 1.92. The quantitative estimate of drug-likeness (QED) is 0.197. The molecule has 0 saturated heterocycles. The standard InChI is InChI=1S/C43H27N3O/c1-4-14-28(15-5-1)33-24-13-25-36-38-27-37(34-22-10-11-23-35(34)40(38)47-39(33)36)31-20-12-21-32(26-31)43-45-41(29-16-6-2-7-17-29)44-42(46-43)30-18-8-3-9-19-30/h1-27H. The summed E-state index contributed by atoms with van der Waals surface area (Å²) < 4.78 is 6.72. The van der Waals surface area contributed by atoms with Crippen LogP contribution in [0.15, 0.2) is 168 Å². The van der Waals surface area contributed by atoms with Crippen molar-refractivity contribution in [2.24, 2.45) is 0 Å². The number of furan rings is 1. The second kappa shape index (κ2) is 11.2. The maximum Gasteiger partial charge on any atom is 0.164 e. The average molecular weight is 602 g/mol. The van der Waals surface area contributed by atoms with Gasteiger partial charge >= 0.3 is 0 Å². The van der Waals surface area contributed by atoms with Crippen LogP contribution in [0.2, 0.25) is 0 Å². The molecular formula is C43H27N3O. The number of hydrogen-bond donors (Lipinski definition) is 0. The lowest BCUT2D eigenvalue weighted by molar-refractivity contribution is 0.674. The fourth-order valence-electron chi connectivity index (χ4n) is 6.47. The van der Waals surface area contributed by atoms with Crippen molar-refractivity contribution in [3.8, 4) is 56.4 Å². The molecule has 9 aromatic rings. The highest BCUT2D eigenvalue weighted by molar-refractivity contribution is 6.20. The molecule has 0 atom stereocenters. The molecule has 4 heteroatoms. The van der Waals surface area contributed by atoms with Gasteiger partial charge in [-0.05, 0) is 34.2 Å². The Kier molecular flexibility index (Phi) is 6.43. The van der Waals surface area contributed by atoms with Gasteiger partial charge in [-0.15, -0.1) is 0 Å². The smallest absolute Gasteiger partial charge is 0.164 e. The summed E-state index contributed by atoms with van der Waals surface area (Å²) >= 11 is 0. The van der Waals surface area contributed by atoms with Crippen LogP contribution in [0.1, 0.15) is 0 Å². The van der Waals surface area contributed by atoms with Gasteiger partial charge in [-0.2, -0.15) is 0 Å². The van der Waals surface area contributed by atoms with Gasteiger partial charge in [-0.25, -0.2) is 15.0 Å². The third-order valence-electron chi connectivity index (χ3n) is 8.72. The Morgan fingerprint density at radius 1 is 0.298 bits per heavy atom. The minimum Gasteiger partial charge on any atom is -0.455 e. The molecule has 0 N–H and O–H groups in total. The van der Waals surface area contributed by atoms with Crippen LogP contribution >= 0.6 is 0 Å². The van der Waals surface area contributed by atoms with Crippen molar-refractivity contribution in [1.29, 1.82) is 0 Å². The molecule has 0 spiro atoms. The highest BCUT2D eigenvalue weighted by atomic mass is 16.3. The number of nitrogens with zero attached hydrogens (tertiary/aromatic N) is 3. The van der Waals surface area contributed by atoms with Gasteiger partial charge in [0.2, 0.25) is 0 Å². The van der Waals surface area contributed by atoms with Crippen LogP contribution < -0.4 is 0 Å². The lowest BCUT2D eigenvalue weighted by Gasteiger charge is -2.11. The summed E-state index contributed by atoms with van der Waals surface area (Å²) in [6.45, 7) is 0. The van der Waals surface area contributed by atoms with E-state index in [9.17, 15) is 0 Å². The van der Waals surface area contributed by atoms with Crippen LogP contribution in [0.25, 0.3) is 89.1 Å². The van der Waals surface area contributed by atoms with Crippen LogP contribution in [0.4, 0.5) is 0 Å². The van der Waals surface area contributed by atoms with E-state index >= 15 is 0 Å². The van der Waals surface area contributed by atoms with E-state index in [0.717, 1.165) is 71.7 Å². The first-order valence-corrected chi connectivity index (χ1v) is 15.7. The van der Waals surface area contributed by atoms with Gasteiger partial charge in [0, 0.05) is 38.4 Å². The number of fused-ring (bicyclic) bond motifs is 5. The fourth-order valence-corrected chi connectivity index (χ4v) is 6.47. The van der Waals surface area contributed by atoms with Crippen LogP contribution in [0.5, 0.6) is 0 Å². The maximum absolute atomic E-state index is 6.72. The zero-order valence-corrected chi connectivity index (χ0v) is 25.3. The Hall–Kier alpha value is -6.39. The van der Waals surface area contributed by atoms with E-state index < -0.39 is 0 Å². The van der Waals surface area contributed by atoms with Crippen LogP contribution in [0, 0.1) is 0 Å². The molecule has 47 heavy (non-hydrogen) atoms. The van der Waals surface area contributed by atoms with Crippen LogP contribution in [-0.4, -0.2) is 15.0 Å². The summed E-state index contributed by atoms with van der Waals surface area (Å²) in [6.07, 6.45) is 0. The first-order valence-electron chi connectivity index (χ1n) is 15.7. The van der Waals surface area contributed by atoms with Crippen molar-refractivity contribution in [3.05, 3.63) is 164 Å².